The zero-order chi connectivity index (χ0) is 19.7. The zero-order valence-electron chi connectivity index (χ0n) is 15.8. The van der Waals surface area contributed by atoms with Gasteiger partial charge in [-0.25, -0.2) is 4.79 Å². The molecule has 0 amide bonds. The van der Waals surface area contributed by atoms with Gasteiger partial charge in [-0.2, -0.15) is 4.98 Å². The van der Waals surface area contributed by atoms with Gasteiger partial charge in [0.15, 0.2) is 11.2 Å². The number of hydrogen-bond donors (Lipinski definition) is 2. The number of imidazole rings is 1. The summed E-state index contributed by atoms with van der Waals surface area (Å²) < 4.78 is 8.51. The molecule has 0 aliphatic rings. The van der Waals surface area contributed by atoms with Gasteiger partial charge in [-0.15, -0.1) is 0 Å². The van der Waals surface area contributed by atoms with Crippen LogP contribution in [0.5, 0.6) is 5.75 Å². The number of nitrogens with one attached hydrogen (secondary N) is 1. The van der Waals surface area contributed by atoms with Crippen LogP contribution in [0.2, 0.25) is 0 Å². The molecule has 9 nitrogen and oxygen atoms in total. The van der Waals surface area contributed by atoms with Gasteiger partial charge in [0, 0.05) is 21.1 Å². The topological polar surface area (TPSA) is 105 Å². The Morgan fingerprint density at radius 1 is 1.33 bits per heavy atom. The summed E-state index contributed by atoms with van der Waals surface area (Å²) in [5, 5.41) is 10.5. The van der Waals surface area contributed by atoms with E-state index in [0.29, 0.717) is 11.7 Å². The molecule has 9 heteroatoms. The number of benzene rings is 1. The zero-order valence-corrected chi connectivity index (χ0v) is 15.8. The molecular weight excluding hydrogens is 350 g/mol. The lowest BCUT2D eigenvalue weighted by atomic mass is 10.2. The molecule has 1 unspecified atom stereocenters. The highest BCUT2D eigenvalue weighted by Gasteiger charge is 2.20. The summed E-state index contributed by atoms with van der Waals surface area (Å²) in [6.45, 7) is 2.11. The van der Waals surface area contributed by atoms with E-state index < -0.39 is 17.4 Å². The van der Waals surface area contributed by atoms with E-state index in [-0.39, 0.29) is 24.3 Å². The number of aliphatic hydroxyl groups is 1. The van der Waals surface area contributed by atoms with E-state index >= 15 is 0 Å². The van der Waals surface area contributed by atoms with Gasteiger partial charge in [0.2, 0.25) is 5.95 Å². The van der Waals surface area contributed by atoms with Gasteiger partial charge in [0.1, 0.15) is 18.5 Å². The molecule has 0 aliphatic carbocycles. The van der Waals surface area contributed by atoms with Gasteiger partial charge >= 0.3 is 5.69 Å². The Kier molecular flexibility index (Phi) is 5.04. The highest BCUT2D eigenvalue weighted by molar-refractivity contribution is 5.74. The lowest BCUT2D eigenvalue weighted by molar-refractivity contribution is 0.0937. The van der Waals surface area contributed by atoms with Crippen molar-refractivity contribution in [1.82, 2.24) is 19.1 Å². The van der Waals surface area contributed by atoms with Crippen LogP contribution in [0, 0.1) is 6.92 Å². The number of ether oxygens (including phenoxy) is 1. The molecule has 2 aromatic heterocycles. The summed E-state index contributed by atoms with van der Waals surface area (Å²) in [4.78, 5) is 32.6. The van der Waals surface area contributed by atoms with Crippen molar-refractivity contribution in [3.63, 3.8) is 0 Å². The number of aryl methyl sites for hydroxylation is 2. The highest BCUT2D eigenvalue weighted by atomic mass is 16.5. The number of aromatic amines is 1. The number of H-pyrrole nitrogens is 1. The Hall–Kier alpha value is -3.07. The molecule has 1 atom stereocenters. The largest absolute Gasteiger partial charge is 0.491 e. The van der Waals surface area contributed by atoms with Crippen LogP contribution in [-0.2, 0) is 13.6 Å². The van der Waals surface area contributed by atoms with Crippen molar-refractivity contribution in [1.29, 1.82) is 0 Å². The number of aromatic nitrogens is 4. The summed E-state index contributed by atoms with van der Waals surface area (Å²) in [6, 6.07) is 7.54. The Labute approximate surface area is 155 Å². The van der Waals surface area contributed by atoms with Crippen LogP contribution < -0.4 is 20.9 Å². The average Bonchev–Trinajstić information content (AvgIpc) is 2.98. The van der Waals surface area contributed by atoms with Crippen LogP contribution >= 0.6 is 0 Å². The van der Waals surface area contributed by atoms with Gasteiger partial charge < -0.3 is 19.3 Å². The lowest BCUT2D eigenvalue weighted by Gasteiger charge is -2.18. The van der Waals surface area contributed by atoms with Crippen LogP contribution in [0.4, 0.5) is 5.95 Å². The van der Waals surface area contributed by atoms with Crippen molar-refractivity contribution in [3.8, 4) is 5.75 Å². The summed E-state index contributed by atoms with van der Waals surface area (Å²) in [7, 11) is 5.09. The SMILES string of the molecule is Cc1cccc(OCC(O)Cn2c(N(C)C)nc3c2c(=O)[nH]c(=O)n3C)c1. The number of hydrogen-bond acceptors (Lipinski definition) is 6. The molecule has 2 heterocycles. The van der Waals surface area contributed by atoms with Crippen LogP contribution in [-0.4, -0.2) is 51.0 Å². The van der Waals surface area contributed by atoms with Crippen molar-refractivity contribution in [2.24, 2.45) is 7.05 Å². The number of aliphatic hydroxyl groups excluding tert-OH is 1. The van der Waals surface area contributed by atoms with Crippen molar-refractivity contribution in [2.75, 3.05) is 25.6 Å². The standard InChI is InChI=1S/C18H23N5O4/c1-11-6-5-7-13(8-11)27-10-12(24)9-23-14-15(19-17(23)21(2)3)22(4)18(26)20-16(14)25/h5-8,12,24H,9-10H2,1-4H3,(H,20,25,26). The van der Waals surface area contributed by atoms with Gasteiger partial charge in [-0.05, 0) is 24.6 Å². The Morgan fingerprint density at radius 2 is 2.07 bits per heavy atom. The molecule has 27 heavy (non-hydrogen) atoms. The maximum absolute atomic E-state index is 12.3. The first-order valence-corrected chi connectivity index (χ1v) is 8.52. The fourth-order valence-electron chi connectivity index (χ4n) is 2.90. The number of rotatable bonds is 6. The summed E-state index contributed by atoms with van der Waals surface area (Å²) in [6.07, 6.45) is -0.877. The number of anilines is 1. The molecule has 0 radical (unpaired) electrons. The van der Waals surface area contributed by atoms with E-state index in [4.69, 9.17) is 4.74 Å². The first kappa shape index (κ1) is 18.7. The van der Waals surface area contributed by atoms with Crippen molar-refractivity contribution in [3.05, 3.63) is 50.7 Å². The second-order valence-corrected chi connectivity index (χ2v) is 6.69. The Balaban J connectivity index is 1.91. The first-order valence-electron chi connectivity index (χ1n) is 8.52. The second kappa shape index (κ2) is 7.28. The molecular formula is C18H23N5O4. The third-order valence-corrected chi connectivity index (χ3v) is 4.21. The summed E-state index contributed by atoms with van der Waals surface area (Å²) in [5.41, 5.74) is 0.478. The van der Waals surface area contributed by atoms with Crippen LogP contribution in [0.15, 0.2) is 33.9 Å². The van der Waals surface area contributed by atoms with Gasteiger partial charge in [-0.1, -0.05) is 12.1 Å². The predicted octanol–water partition coefficient (Wildman–Crippen LogP) is 0.238. The molecule has 0 saturated carbocycles. The summed E-state index contributed by atoms with van der Waals surface area (Å²) in [5.74, 6) is 1.13. The average molecular weight is 373 g/mol. The first-order chi connectivity index (χ1) is 12.8. The highest BCUT2D eigenvalue weighted by Crippen LogP contribution is 2.19. The smallest absolute Gasteiger partial charge is 0.329 e. The minimum atomic E-state index is -0.877. The molecule has 3 aromatic rings. The molecule has 2 N–H and O–H groups in total. The van der Waals surface area contributed by atoms with Crippen molar-refractivity contribution >= 4 is 17.1 Å². The number of nitrogens with zero attached hydrogens (tertiary/aromatic N) is 4. The predicted molar refractivity (Wildman–Crippen MR) is 103 cm³/mol. The van der Waals surface area contributed by atoms with Crippen molar-refractivity contribution < 1.29 is 9.84 Å². The van der Waals surface area contributed by atoms with E-state index in [9.17, 15) is 14.7 Å². The third kappa shape index (κ3) is 3.72. The molecule has 0 fully saturated rings. The second-order valence-electron chi connectivity index (χ2n) is 6.69. The number of fused-ring (bicyclic) bond motifs is 1. The van der Waals surface area contributed by atoms with Crippen LogP contribution in [0.25, 0.3) is 11.2 Å². The molecule has 0 spiro atoms. The fourth-order valence-corrected chi connectivity index (χ4v) is 2.90. The van der Waals surface area contributed by atoms with E-state index in [1.165, 1.54) is 11.6 Å². The lowest BCUT2D eigenvalue weighted by Crippen LogP contribution is -2.31. The fraction of sp³-hybridized carbons (Fsp3) is 0.389. The Bertz CT molecular complexity index is 1080. The molecule has 1 aromatic carbocycles. The van der Waals surface area contributed by atoms with E-state index in [1.807, 2.05) is 31.2 Å². The van der Waals surface area contributed by atoms with Crippen molar-refractivity contribution in [2.45, 2.75) is 19.6 Å². The van der Waals surface area contributed by atoms with Gasteiger partial charge in [0.05, 0.1) is 6.54 Å². The minimum absolute atomic E-state index is 0.0552. The van der Waals surface area contributed by atoms with E-state index in [0.717, 1.165) is 5.56 Å². The summed E-state index contributed by atoms with van der Waals surface area (Å²) >= 11 is 0. The third-order valence-electron chi connectivity index (χ3n) is 4.21. The normalized spacial score (nSPS) is 12.3. The molecule has 0 saturated heterocycles. The molecule has 0 bridgehead atoms. The molecule has 3 rings (SSSR count). The minimum Gasteiger partial charge on any atom is -0.491 e. The molecule has 0 aliphatic heterocycles. The quantitative estimate of drug-likeness (QED) is 0.641. The van der Waals surface area contributed by atoms with Gasteiger partial charge in [-0.3, -0.25) is 14.3 Å². The Morgan fingerprint density at radius 3 is 2.74 bits per heavy atom. The van der Waals surface area contributed by atoms with E-state index in [1.54, 1.807) is 23.6 Å². The molecule has 144 valence electrons. The monoisotopic (exact) mass is 373 g/mol. The van der Waals surface area contributed by atoms with Crippen LogP contribution in [0.3, 0.4) is 0 Å². The van der Waals surface area contributed by atoms with Crippen LogP contribution in [0.1, 0.15) is 5.56 Å². The van der Waals surface area contributed by atoms with Gasteiger partial charge in [0.25, 0.3) is 5.56 Å². The van der Waals surface area contributed by atoms with E-state index in [2.05, 4.69) is 9.97 Å². The maximum Gasteiger partial charge on any atom is 0.329 e. The maximum atomic E-state index is 12.3.